The molecule has 1 amide bonds. The summed E-state index contributed by atoms with van der Waals surface area (Å²) in [6.45, 7) is 3.43. The second kappa shape index (κ2) is 6.80. The average molecular weight is 232 g/mol. The molecule has 3 atom stereocenters. The second-order valence-electron chi connectivity index (χ2n) is 3.89. The SMILES string of the molecule is CCNC1COCC1C(=O)NCC(O)CO. The van der Waals surface area contributed by atoms with Crippen LogP contribution in [-0.2, 0) is 9.53 Å². The molecule has 1 fully saturated rings. The molecule has 1 aliphatic rings. The minimum Gasteiger partial charge on any atom is -0.394 e. The summed E-state index contributed by atoms with van der Waals surface area (Å²) in [7, 11) is 0. The van der Waals surface area contributed by atoms with Gasteiger partial charge in [0.15, 0.2) is 0 Å². The van der Waals surface area contributed by atoms with Gasteiger partial charge >= 0.3 is 0 Å². The molecule has 0 aromatic rings. The molecule has 94 valence electrons. The summed E-state index contributed by atoms with van der Waals surface area (Å²) in [6.07, 6.45) is -0.899. The molecule has 4 N–H and O–H groups in total. The van der Waals surface area contributed by atoms with Crippen LogP contribution < -0.4 is 10.6 Å². The fraction of sp³-hybridized carbons (Fsp3) is 0.900. The highest BCUT2D eigenvalue weighted by Crippen LogP contribution is 2.13. The van der Waals surface area contributed by atoms with Crippen molar-refractivity contribution in [3.8, 4) is 0 Å². The van der Waals surface area contributed by atoms with Crippen LogP contribution in [0.2, 0.25) is 0 Å². The standard InChI is InChI=1S/C10H20N2O4/c1-2-11-9-6-16-5-8(9)10(15)12-3-7(14)4-13/h7-9,11,13-14H,2-6H2,1H3,(H,12,15). The summed E-state index contributed by atoms with van der Waals surface area (Å²) in [5.74, 6) is -0.359. The van der Waals surface area contributed by atoms with Crippen LogP contribution in [0, 0.1) is 5.92 Å². The molecule has 0 spiro atoms. The molecule has 16 heavy (non-hydrogen) atoms. The van der Waals surface area contributed by atoms with Gasteiger partial charge in [0.05, 0.1) is 31.8 Å². The Balaban J connectivity index is 2.34. The Morgan fingerprint density at radius 3 is 2.94 bits per heavy atom. The molecule has 0 bridgehead atoms. The third kappa shape index (κ3) is 3.71. The van der Waals surface area contributed by atoms with Crippen molar-refractivity contribution in [3.05, 3.63) is 0 Å². The van der Waals surface area contributed by atoms with Gasteiger partial charge in [-0.15, -0.1) is 0 Å². The van der Waals surface area contributed by atoms with Crippen molar-refractivity contribution in [1.82, 2.24) is 10.6 Å². The number of amides is 1. The van der Waals surface area contributed by atoms with Crippen LogP contribution >= 0.6 is 0 Å². The number of hydrogen-bond donors (Lipinski definition) is 4. The highest BCUT2D eigenvalue weighted by molar-refractivity contribution is 5.79. The zero-order valence-corrected chi connectivity index (χ0v) is 9.48. The molecule has 3 unspecified atom stereocenters. The molecule has 0 saturated carbocycles. The number of carbonyl (C=O) groups excluding carboxylic acids is 1. The van der Waals surface area contributed by atoms with Crippen molar-refractivity contribution in [3.63, 3.8) is 0 Å². The van der Waals surface area contributed by atoms with Gasteiger partial charge in [-0.2, -0.15) is 0 Å². The fourth-order valence-electron chi connectivity index (χ4n) is 1.69. The van der Waals surface area contributed by atoms with Gasteiger partial charge in [0, 0.05) is 12.6 Å². The molecule has 1 aliphatic heterocycles. The fourth-order valence-corrected chi connectivity index (χ4v) is 1.69. The maximum absolute atomic E-state index is 11.7. The minimum atomic E-state index is -0.899. The maximum Gasteiger partial charge on any atom is 0.227 e. The van der Waals surface area contributed by atoms with Crippen LogP contribution in [0.25, 0.3) is 0 Å². The van der Waals surface area contributed by atoms with Crippen LogP contribution in [-0.4, -0.2) is 61.2 Å². The molecule has 6 nitrogen and oxygen atoms in total. The van der Waals surface area contributed by atoms with E-state index < -0.39 is 6.10 Å². The Labute approximate surface area is 95.0 Å². The second-order valence-corrected chi connectivity index (χ2v) is 3.89. The maximum atomic E-state index is 11.7. The molecule has 0 radical (unpaired) electrons. The first-order chi connectivity index (χ1) is 7.69. The van der Waals surface area contributed by atoms with Gasteiger partial charge in [0.25, 0.3) is 0 Å². The molecule has 1 saturated heterocycles. The van der Waals surface area contributed by atoms with E-state index in [-0.39, 0.29) is 31.0 Å². The predicted molar refractivity (Wildman–Crippen MR) is 57.9 cm³/mol. The van der Waals surface area contributed by atoms with Gasteiger partial charge in [0.2, 0.25) is 5.91 Å². The Kier molecular flexibility index (Phi) is 5.68. The van der Waals surface area contributed by atoms with Crippen molar-refractivity contribution in [1.29, 1.82) is 0 Å². The first-order valence-electron chi connectivity index (χ1n) is 5.56. The van der Waals surface area contributed by atoms with E-state index in [0.29, 0.717) is 13.2 Å². The lowest BCUT2D eigenvalue weighted by atomic mass is 10.0. The number of aliphatic hydroxyl groups is 2. The van der Waals surface area contributed by atoms with E-state index in [1.165, 1.54) is 0 Å². The average Bonchev–Trinajstić information content (AvgIpc) is 2.74. The van der Waals surface area contributed by atoms with E-state index in [9.17, 15) is 4.79 Å². The molecule has 6 heteroatoms. The Morgan fingerprint density at radius 2 is 2.31 bits per heavy atom. The van der Waals surface area contributed by atoms with Gasteiger partial charge in [0.1, 0.15) is 0 Å². The van der Waals surface area contributed by atoms with Crippen LogP contribution in [0.5, 0.6) is 0 Å². The normalized spacial score (nSPS) is 26.7. The molecule has 0 aromatic heterocycles. The zero-order chi connectivity index (χ0) is 12.0. The molecule has 0 aliphatic carbocycles. The summed E-state index contributed by atoms with van der Waals surface area (Å²) in [4.78, 5) is 11.7. The van der Waals surface area contributed by atoms with Crippen LogP contribution in [0.1, 0.15) is 6.92 Å². The highest BCUT2D eigenvalue weighted by Gasteiger charge is 2.33. The van der Waals surface area contributed by atoms with E-state index >= 15 is 0 Å². The van der Waals surface area contributed by atoms with E-state index in [1.807, 2.05) is 6.92 Å². The summed E-state index contributed by atoms with van der Waals surface area (Å²) in [5.41, 5.74) is 0. The molecule has 1 rings (SSSR count). The van der Waals surface area contributed by atoms with Crippen LogP contribution in [0.15, 0.2) is 0 Å². The van der Waals surface area contributed by atoms with Crippen molar-refractivity contribution in [2.75, 3.05) is 32.9 Å². The number of ether oxygens (including phenoxy) is 1. The number of rotatable bonds is 6. The van der Waals surface area contributed by atoms with E-state index in [2.05, 4.69) is 10.6 Å². The molecular weight excluding hydrogens is 212 g/mol. The monoisotopic (exact) mass is 232 g/mol. The summed E-state index contributed by atoms with van der Waals surface area (Å²) in [6, 6.07) is 0.0382. The zero-order valence-electron chi connectivity index (χ0n) is 9.48. The Bertz CT molecular complexity index is 225. The third-order valence-corrected chi connectivity index (χ3v) is 2.61. The summed E-state index contributed by atoms with van der Waals surface area (Å²) in [5, 5.41) is 23.5. The molecular formula is C10H20N2O4. The number of aliphatic hydroxyl groups excluding tert-OH is 2. The minimum absolute atomic E-state index is 0.0382. The van der Waals surface area contributed by atoms with E-state index in [1.54, 1.807) is 0 Å². The number of nitrogens with one attached hydrogen (secondary N) is 2. The summed E-state index contributed by atoms with van der Waals surface area (Å²) >= 11 is 0. The highest BCUT2D eigenvalue weighted by atomic mass is 16.5. The van der Waals surface area contributed by atoms with E-state index in [4.69, 9.17) is 14.9 Å². The first kappa shape index (κ1) is 13.4. The quantitative estimate of drug-likeness (QED) is 0.428. The topological polar surface area (TPSA) is 90.8 Å². The Morgan fingerprint density at radius 1 is 1.56 bits per heavy atom. The van der Waals surface area contributed by atoms with Gasteiger partial charge in [-0.05, 0) is 6.54 Å². The van der Waals surface area contributed by atoms with Crippen molar-refractivity contribution < 1.29 is 19.7 Å². The smallest absolute Gasteiger partial charge is 0.227 e. The lowest BCUT2D eigenvalue weighted by molar-refractivity contribution is -0.126. The van der Waals surface area contributed by atoms with Crippen LogP contribution in [0.4, 0.5) is 0 Å². The lowest BCUT2D eigenvalue weighted by Gasteiger charge is -2.18. The number of carbonyl (C=O) groups is 1. The summed E-state index contributed by atoms with van der Waals surface area (Å²) < 4.78 is 5.24. The first-order valence-corrected chi connectivity index (χ1v) is 5.56. The third-order valence-electron chi connectivity index (χ3n) is 2.61. The van der Waals surface area contributed by atoms with Crippen molar-refractivity contribution >= 4 is 5.91 Å². The van der Waals surface area contributed by atoms with Gasteiger partial charge in [-0.3, -0.25) is 4.79 Å². The number of likely N-dealkylation sites (N-methyl/N-ethyl adjacent to an activating group) is 1. The molecule has 1 heterocycles. The van der Waals surface area contributed by atoms with Crippen molar-refractivity contribution in [2.45, 2.75) is 19.1 Å². The van der Waals surface area contributed by atoms with Gasteiger partial charge < -0.3 is 25.6 Å². The van der Waals surface area contributed by atoms with Crippen molar-refractivity contribution in [2.24, 2.45) is 5.92 Å². The van der Waals surface area contributed by atoms with Gasteiger partial charge in [-0.1, -0.05) is 6.92 Å². The lowest BCUT2D eigenvalue weighted by Crippen LogP contribution is -2.45. The van der Waals surface area contributed by atoms with Crippen LogP contribution in [0.3, 0.4) is 0 Å². The number of hydrogen-bond acceptors (Lipinski definition) is 5. The largest absolute Gasteiger partial charge is 0.394 e. The molecule has 0 aromatic carbocycles. The predicted octanol–water partition coefficient (Wildman–Crippen LogP) is -1.92. The Hall–Kier alpha value is -0.690. The van der Waals surface area contributed by atoms with E-state index in [0.717, 1.165) is 6.54 Å². The van der Waals surface area contributed by atoms with Gasteiger partial charge in [-0.25, -0.2) is 0 Å².